The lowest BCUT2D eigenvalue weighted by Gasteiger charge is -2.32. The Balaban J connectivity index is 1.43. The van der Waals surface area contributed by atoms with Crippen LogP contribution in [0.15, 0.2) is 12.1 Å². The Morgan fingerprint density at radius 1 is 0.969 bits per heavy atom. The largest absolute Gasteiger partial charge is 0.459 e. The minimum atomic E-state index is -3.27. The number of ether oxygens (including phenoxy) is 2. The monoisotopic (exact) mass is 474 g/mol. The first-order valence-corrected chi connectivity index (χ1v) is 12.4. The predicted octanol–water partition coefficient (Wildman–Crippen LogP) is 8.18. The van der Waals surface area contributed by atoms with Crippen LogP contribution in [0.1, 0.15) is 94.3 Å². The average molecular weight is 475 g/mol. The van der Waals surface area contributed by atoms with Gasteiger partial charge in [0.2, 0.25) is 0 Å². The topological polar surface area (TPSA) is 35.5 Å². The summed E-state index contributed by atoms with van der Waals surface area (Å²) in [6, 6.07) is 2.30. The number of esters is 1. The lowest BCUT2D eigenvalue weighted by atomic mass is 9.76. The lowest BCUT2D eigenvalue weighted by Crippen LogP contribution is -2.25. The zero-order valence-electron chi connectivity index (χ0n) is 18.8. The molecule has 0 saturated heterocycles. The zero-order chi connectivity index (χ0) is 23.1. The first-order valence-electron chi connectivity index (χ1n) is 12.0. The molecule has 3 nitrogen and oxygen atoms in total. The fraction of sp³-hybridized carbons (Fsp3) is 0.720. The van der Waals surface area contributed by atoms with E-state index >= 15 is 0 Å². The molecule has 0 amide bonds. The minimum absolute atomic E-state index is 0.290. The van der Waals surface area contributed by atoms with E-state index in [1.54, 1.807) is 0 Å². The summed E-state index contributed by atoms with van der Waals surface area (Å²) >= 11 is 5.64. The molecule has 2 fully saturated rings. The molecule has 7 heteroatoms. The first kappa shape index (κ1) is 25.2. The van der Waals surface area contributed by atoms with Gasteiger partial charge >= 0.3 is 12.6 Å². The fourth-order valence-electron chi connectivity index (χ4n) is 5.34. The van der Waals surface area contributed by atoms with E-state index in [4.69, 9.17) is 16.3 Å². The second-order valence-corrected chi connectivity index (χ2v) is 9.82. The summed E-state index contributed by atoms with van der Waals surface area (Å²) in [5.74, 6) is -0.477. The van der Waals surface area contributed by atoms with Crippen molar-refractivity contribution in [3.05, 3.63) is 28.5 Å². The van der Waals surface area contributed by atoms with E-state index in [2.05, 4.69) is 11.7 Å². The highest BCUT2D eigenvalue weighted by Gasteiger charge is 2.29. The summed E-state index contributed by atoms with van der Waals surface area (Å²) in [5, 5.41) is -0.392. The van der Waals surface area contributed by atoms with Crippen LogP contribution in [-0.4, -0.2) is 18.7 Å². The standard InChI is InChI=1S/C25H34ClF3O3/c1-2-3-16-4-6-17(7-5-16)8-9-18-10-12-19(13-11-18)31-24(30)20-14-15-21(26)22(27)23(20)32-25(28)29/h14-19,25H,2-13H2,1H3. The Bertz CT molecular complexity index is 742. The van der Waals surface area contributed by atoms with Crippen LogP contribution < -0.4 is 4.74 Å². The van der Waals surface area contributed by atoms with Gasteiger partial charge in [0.1, 0.15) is 11.7 Å². The maximum atomic E-state index is 14.1. The maximum Gasteiger partial charge on any atom is 0.387 e. The molecular weight excluding hydrogens is 441 g/mol. The fourth-order valence-corrected chi connectivity index (χ4v) is 5.49. The summed E-state index contributed by atoms with van der Waals surface area (Å²) in [6.45, 7) is -1.00. The van der Waals surface area contributed by atoms with Crippen molar-refractivity contribution < 1.29 is 27.4 Å². The summed E-state index contributed by atoms with van der Waals surface area (Å²) in [5.41, 5.74) is -0.368. The van der Waals surface area contributed by atoms with Gasteiger partial charge in [-0.1, -0.05) is 69.9 Å². The van der Waals surface area contributed by atoms with Crippen LogP contribution in [0.5, 0.6) is 5.75 Å². The van der Waals surface area contributed by atoms with Gasteiger partial charge in [-0.25, -0.2) is 9.18 Å². The number of hydrogen-bond donors (Lipinski definition) is 0. The van der Waals surface area contributed by atoms with Crippen molar-refractivity contribution in [1.29, 1.82) is 0 Å². The molecule has 2 aliphatic rings. The molecule has 0 unspecified atom stereocenters. The third kappa shape index (κ3) is 7.03. The first-order chi connectivity index (χ1) is 15.4. The predicted molar refractivity (Wildman–Crippen MR) is 119 cm³/mol. The normalized spacial score (nSPS) is 26.2. The Morgan fingerprint density at radius 3 is 2.03 bits per heavy atom. The van der Waals surface area contributed by atoms with Crippen molar-refractivity contribution in [3.63, 3.8) is 0 Å². The van der Waals surface area contributed by atoms with Crippen LogP contribution in [0.25, 0.3) is 0 Å². The summed E-state index contributed by atoms with van der Waals surface area (Å²) in [6.07, 6.45) is 13.8. The summed E-state index contributed by atoms with van der Waals surface area (Å²) in [7, 11) is 0. The van der Waals surface area contributed by atoms with Gasteiger partial charge in [0.15, 0.2) is 11.6 Å². The molecule has 0 aromatic heterocycles. The highest BCUT2D eigenvalue weighted by Crippen LogP contribution is 2.37. The molecule has 0 bridgehead atoms. The van der Waals surface area contributed by atoms with Crippen LogP contribution in [0.2, 0.25) is 5.02 Å². The van der Waals surface area contributed by atoms with Crippen LogP contribution >= 0.6 is 11.6 Å². The van der Waals surface area contributed by atoms with Crippen molar-refractivity contribution in [3.8, 4) is 5.75 Å². The van der Waals surface area contributed by atoms with E-state index in [1.165, 1.54) is 51.4 Å². The number of alkyl halides is 2. The third-order valence-electron chi connectivity index (χ3n) is 7.19. The minimum Gasteiger partial charge on any atom is -0.459 e. The molecular formula is C25H34ClF3O3. The Hall–Kier alpha value is -1.43. The molecule has 3 rings (SSSR count). The van der Waals surface area contributed by atoms with Crippen molar-refractivity contribution in [2.75, 3.05) is 0 Å². The maximum absolute atomic E-state index is 14.1. The Morgan fingerprint density at radius 2 is 1.50 bits per heavy atom. The van der Waals surface area contributed by atoms with Crippen LogP contribution in [0.4, 0.5) is 13.2 Å². The van der Waals surface area contributed by atoms with Crippen molar-refractivity contribution in [1.82, 2.24) is 0 Å². The molecule has 2 saturated carbocycles. The van der Waals surface area contributed by atoms with E-state index < -0.39 is 29.2 Å². The second kappa shape index (κ2) is 12.2. The summed E-state index contributed by atoms with van der Waals surface area (Å²) < 4.78 is 49.1. The molecule has 0 heterocycles. The van der Waals surface area contributed by atoms with Crippen LogP contribution in [0.3, 0.4) is 0 Å². The molecule has 0 N–H and O–H groups in total. The molecule has 0 aliphatic heterocycles. The summed E-state index contributed by atoms with van der Waals surface area (Å²) in [4.78, 5) is 12.5. The number of carbonyl (C=O) groups excluding carboxylic acids is 1. The van der Waals surface area contributed by atoms with Crippen LogP contribution in [-0.2, 0) is 4.74 Å². The highest BCUT2D eigenvalue weighted by molar-refractivity contribution is 6.31. The molecule has 0 spiro atoms. The van der Waals surface area contributed by atoms with Gasteiger partial charge < -0.3 is 9.47 Å². The molecule has 1 aromatic carbocycles. The Labute approximate surface area is 194 Å². The highest BCUT2D eigenvalue weighted by atomic mass is 35.5. The zero-order valence-corrected chi connectivity index (χ0v) is 19.5. The number of hydrogen-bond acceptors (Lipinski definition) is 3. The average Bonchev–Trinajstić information content (AvgIpc) is 2.77. The van der Waals surface area contributed by atoms with Gasteiger partial charge in [-0.3, -0.25) is 0 Å². The van der Waals surface area contributed by atoms with E-state index in [0.717, 1.165) is 49.7 Å². The number of carbonyl (C=O) groups is 1. The SMILES string of the molecule is CCCC1CCC(CCC2CCC(OC(=O)c3ccc(Cl)c(F)c3OC(F)F)CC2)CC1. The lowest BCUT2D eigenvalue weighted by molar-refractivity contribution is -0.0530. The van der Waals surface area contributed by atoms with E-state index in [-0.39, 0.29) is 11.7 Å². The third-order valence-corrected chi connectivity index (χ3v) is 7.48. The van der Waals surface area contributed by atoms with Crippen molar-refractivity contribution in [2.45, 2.75) is 96.7 Å². The van der Waals surface area contributed by atoms with Crippen molar-refractivity contribution >= 4 is 17.6 Å². The molecule has 2 aliphatic carbocycles. The molecule has 180 valence electrons. The molecule has 1 aromatic rings. The van der Waals surface area contributed by atoms with Gasteiger partial charge in [0.25, 0.3) is 0 Å². The Kier molecular flexibility index (Phi) is 9.57. The van der Waals surface area contributed by atoms with E-state index in [0.29, 0.717) is 5.92 Å². The quantitative estimate of drug-likeness (QED) is 0.338. The van der Waals surface area contributed by atoms with Crippen molar-refractivity contribution in [2.24, 2.45) is 17.8 Å². The smallest absolute Gasteiger partial charge is 0.387 e. The second-order valence-electron chi connectivity index (χ2n) is 9.42. The van der Waals surface area contributed by atoms with Gasteiger partial charge in [-0.15, -0.1) is 0 Å². The van der Waals surface area contributed by atoms with E-state index in [9.17, 15) is 18.0 Å². The van der Waals surface area contributed by atoms with Gasteiger partial charge in [0, 0.05) is 0 Å². The van der Waals surface area contributed by atoms with Crippen LogP contribution in [0, 0.1) is 23.6 Å². The van der Waals surface area contributed by atoms with E-state index in [1.807, 2.05) is 0 Å². The number of benzene rings is 1. The number of rotatable bonds is 9. The molecule has 32 heavy (non-hydrogen) atoms. The van der Waals surface area contributed by atoms with Gasteiger partial charge in [-0.2, -0.15) is 8.78 Å². The van der Waals surface area contributed by atoms with Gasteiger partial charge in [0.05, 0.1) is 5.02 Å². The van der Waals surface area contributed by atoms with Gasteiger partial charge in [-0.05, 0) is 55.6 Å². The number of halogens is 4. The molecule has 0 atom stereocenters. The molecule has 0 radical (unpaired) electrons.